The summed E-state index contributed by atoms with van der Waals surface area (Å²) in [6.45, 7) is 10.5. The molecule has 2 aromatic rings. The minimum Gasteiger partial charge on any atom is -0.491 e. The van der Waals surface area contributed by atoms with Crippen molar-refractivity contribution in [3.05, 3.63) is 59.7 Å². The molecule has 8 nitrogen and oxygen atoms in total. The van der Waals surface area contributed by atoms with Gasteiger partial charge in [-0.25, -0.2) is 4.79 Å². The van der Waals surface area contributed by atoms with Crippen LogP contribution in [0.5, 0.6) is 5.75 Å². The largest absolute Gasteiger partial charge is 0.491 e. The summed E-state index contributed by atoms with van der Waals surface area (Å²) in [5, 5.41) is 5.63. The molecule has 1 aliphatic heterocycles. The zero-order valence-corrected chi connectivity index (χ0v) is 22.3. The normalized spacial score (nSPS) is 21.7. The maximum atomic E-state index is 13.4. The van der Waals surface area contributed by atoms with Gasteiger partial charge in [-0.2, -0.15) is 0 Å². The first kappa shape index (κ1) is 27.5. The van der Waals surface area contributed by atoms with Gasteiger partial charge >= 0.3 is 6.03 Å². The Bertz CT molecular complexity index is 1010. The molecule has 2 aromatic carbocycles. The number of methoxy groups -OCH3 is 1. The van der Waals surface area contributed by atoms with Gasteiger partial charge < -0.3 is 25.0 Å². The minimum atomic E-state index is -0.305. The maximum Gasteiger partial charge on any atom is 0.319 e. The van der Waals surface area contributed by atoms with Gasteiger partial charge in [-0.05, 0) is 44.4 Å². The average Bonchev–Trinajstić information content (AvgIpc) is 2.84. The summed E-state index contributed by atoms with van der Waals surface area (Å²) in [5.74, 6) is 0.497. The van der Waals surface area contributed by atoms with Gasteiger partial charge in [0.15, 0.2) is 0 Å². The predicted octanol–water partition coefficient (Wildman–Crippen LogP) is 4.22. The number of nitrogens with one attached hydrogen (secondary N) is 2. The smallest absolute Gasteiger partial charge is 0.319 e. The third-order valence-electron chi connectivity index (χ3n) is 6.48. The van der Waals surface area contributed by atoms with Gasteiger partial charge in [0.2, 0.25) is 0 Å². The van der Waals surface area contributed by atoms with Crippen molar-refractivity contribution in [3.63, 3.8) is 0 Å². The highest BCUT2D eigenvalue weighted by atomic mass is 16.5. The van der Waals surface area contributed by atoms with Crippen LogP contribution in [0.25, 0.3) is 0 Å². The Labute approximate surface area is 214 Å². The molecule has 0 saturated heterocycles. The number of likely N-dealkylation sites (N-methyl/N-ethyl adjacent to an activating group) is 1. The number of hydrogen-bond acceptors (Lipinski definition) is 5. The molecule has 2 N–H and O–H groups in total. The SMILES string of the molecule is CO[C@@H]1CN(C)C(=O)c2ccc(NC(=O)NC(C)C)cc2OC[C@@H](C)N(Cc2ccccc2)C[C@H]1C. The van der Waals surface area contributed by atoms with Crippen LogP contribution in [-0.2, 0) is 11.3 Å². The molecule has 8 heteroatoms. The molecule has 0 spiro atoms. The second-order valence-electron chi connectivity index (χ2n) is 9.98. The lowest BCUT2D eigenvalue weighted by Crippen LogP contribution is -2.46. The molecule has 196 valence electrons. The van der Waals surface area contributed by atoms with Gasteiger partial charge in [0.05, 0.1) is 11.7 Å². The van der Waals surface area contributed by atoms with E-state index in [-0.39, 0.29) is 36.0 Å². The third kappa shape index (κ3) is 7.45. The van der Waals surface area contributed by atoms with Gasteiger partial charge in [-0.3, -0.25) is 9.69 Å². The fourth-order valence-electron chi connectivity index (χ4n) is 4.39. The van der Waals surface area contributed by atoms with Crippen LogP contribution >= 0.6 is 0 Å². The van der Waals surface area contributed by atoms with E-state index in [1.165, 1.54) is 5.56 Å². The first-order valence-corrected chi connectivity index (χ1v) is 12.6. The molecule has 0 fully saturated rings. The van der Waals surface area contributed by atoms with Gasteiger partial charge in [0.1, 0.15) is 12.4 Å². The van der Waals surface area contributed by atoms with E-state index in [2.05, 4.69) is 53.6 Å². The average molecular weight is 497 g/mol. The highest BCUT2D eigenvalue weighted by Crippen LogP contribution is 2.27. The van der Waals surface area contributed by atoms with Crippen LogP contribution in [0.15, 0.2) is 48.5 Å². The zero-order valence-electron chi connectivity index (χ0n) is 22.3. The monoisotopic (exact) mass is 496 g/mol. The summed E-state index contributed by atoms with van der Waals surface area (Å²) in [5.41, 5.74) is 2.25. The maximum absolute atomic E-state index is 13.4. The van der Waals surface area contributed by atoms with Crippen LogP contribution < -0.4 is 15.4 Å². The van der Waals surface area contributed by atoms with E-state index >= 15 is 0 Å². The second kappa shape index (κ2) is 12.7. The van der Waals surface area contributed by atoms with Crippen molar-refractivity contribution in [1.82, 2.24) is 15.1 Å². The number of rotatable bonds is 5. The Morgan fingerprint density at radius 3 is 2.53 bits per heavy atom. The minimum absolute atomic E-state index is 0.00772. The van der Waals surface area contributed by atoms with Crippen molar-refractivity contribution < 1.29 is 19.1 Å². The molecule has 0 aliphatic carbocycles. The van der Waals surface area contributed by atoms with Crippen LogP contribution in [0.3, 0.4) is 0 Å². The van der Waals surface area contributed by atoms with Gasteiger partial charge in [-0.1, -0.05) is 37.3 Å². The summed E-state index contributed by atoms with van der Waals surface area (Å²) in [6.07, 6.45) is -0.117. The topological polar surface area (TPSA) is 83.1 Å². The van der Waals surface area contributed by atoms with E-state index in [1.807, 2.05) is 19.9 Å². The number of benzene rings is 2. The van der Waals surface area contributed by atoms with Gasteiger partial charge in [-0.15, -0.1) is 0 Å². The number of urea groups is 1. The quantitative estimate of drug-likeness (QED) is 0.648. The highest BCUT2D eigenvalue weighted by Gasteiger charge is 2.28. The Morgan fingerprint density at radius 1 is 1.14 bits per heavy atom. The number of ether oxygens (including phenoxy) is 2. The van der Waals surface area contributed by atoms with Crippen LogP contribution in [0.2, 0.25) is 0 Å². The Kier molecular flexibility index (Phi) is 9.73. The van der Waals surface area contributed by atoms with Crippen molar-refractivity contribution >= 4 is 17.6 Å². The van der Waals surface area contributed by atoms with Crippen molar-refractivity contribution in [2.45, 2.75) is 52.4 Å². The number of anilines is 1. The number of fused-ring (bicyclic) bond motifs is 1. The first-order valence-electron chi connectivity index (χ1n) is 12.6. The molecule has 3 rings (SSSR count). The summed E-state index contributed by atoms with van der Waals surface area (Å²) >= 11 is 0. The third-order valence-corrected chi connectivity index (χ3v) is 6.48. The number of nitrogens with zero attached hydrogens (tertiary/aromatic N) is 2. The van der Waals surface area contributed by atoms with E-state index in [4.69, 9.17) is 9.47 Å². The standard InChI is InChI=1S/C28H40N4O4/c1-19(2)29-28(34)30-23-12-13-24-25(14-23)36-18-21(4)32(16-22-10-8-7-9-11-22)15-20(3)26(35-6)17-31(5)27(24)33/h7-14,19-21,26H,15-18H2,1-6H3,(H2,29,30,34)/t20-,21-,26-/m1/s1. The Hall–Kier alpha value is -3.10. The van der Waals surface area contributed by atoms with Crippen LogP contribution in [0.1, 0.15) is 43.6 Å². The van der Waals surface area contributed by atoms with E-state index in [0.717, 1.165) is 13.1 Å². The molecule has 1 aliphatic rings. The van der Waals surface area contributed by atoms with Crippen LogP contribution in [-0.4, -0.2) is 73.8 Å². The summed E-state index contributed by atoms with van der Waals surface area (Å²) < 4.78 is 12.1. The van der Waals surface area contributed by atoms with Crippen LogP contribution in [0.4, 0.5) is 10.5 Å². The lowest BCUT2D eigenvalue weighted by molar-refractivity contribution is 0.00922. The number of hydrogen-bond donors (Lipinski definition) is 2. The molecule has 0 aromatic heterocycles. The fraction of sp³-hybridized carbons (Fsp3) is 0.500. The predicted molar refractivity (Wildman–Crippen MR) is 142 cm³/mol. The molecular formula is C28H40N4O4. The number of carbonyl (C=O) groups is 2. The molecule has 3 atom stereocenters. The molecule has 0 bridgehead atoms. The summed E-state index contributed by atoms with van der Waals surface area (Å²) in [6, 6.07) is 15.3. The molecule has 0 radical (unpaired) electrons. The molecular weight excluding hydrogens is 456 g/mol. The van der Waals surface area contributed by atoms with Crippen LogP contribution in [0, 0.1) is 5.92 Å². The molecule has 0 unspecified atom stereocenters. The van der Waals surface area contributed by atoms with Crippen molar-refractivity contribution in [3.8, 4) is 5.75 Å². The molecule has 3 amide bonds. The first-order chi connectivity index (χ1) is 17.2. The van der Waals surface area contributed by atoms with E-state index < -0.39 is 0 Å². The molecule has 1 heterocycles. The van der Waals surface area contributed by atoms with Crippen molar-refractivity contribution in [1.29, 1.82) is 0 Å². The van der Waals surface area contributed by atoms with Crippen molar-refractivity contribution in [2.75, 3.05) is 39.2 Å². The summed E-state index contributed by atoms with van der Waals surface area (Å²) in [7, 11) is 3.48. The van der Waals surface area contributed by atoms with Crippen molar-refractivity contribution in [2.24, 2.45) is 5.92 Å². The van der Waals surface area contributed by atoms with E-state index in [1.54, 1.807) is 37.3 Å². The molecule has 0 saturated carbocycles. The fourth-order valence-corrected chi connectivity index (χ4v) is 4.39. The molecule has 36 heavy (non-hydrogen) atoms. The number of amides is 3. The Balaban J connectivity index is 1.91. The highest BCUT2D eigenvalue weighted by molar-refractivity contribution is 5.98. The Morgan fingerprint density at radius 2 is 1.86 bits per heavy atom. The van der Waals surface area contributed by atoms with Gasteiger partial charge in [0, 0.05) is 57.6 Å². The van der Waals surface area contributed by atoms with E-state index in [0.29, 0.717) is 30.2 Å². The number of carbonyl (C=O) groups excluding carboxylic acids is 2. The lowest BCUT2D eigenvalue weighted by Gasteiger charge is -2.36. The second-order valence-corrected chi connectivity index (χ2v) is 9.98. The van der Waals surface area contributed by atoms with Gasteiger partial charge in [0.25, 0.3) is 5.91 Å². The lowest BCUT2D eigenvalue weighted by atomic mass is 10.0. The van der Waals surface area contributed by atoms with E-state index in [9.17, 15) is 9.59 Å². The zero-order chi connectivity index (χ0) is 26.2. The summed E-state index contributed by atoms with van der Waals surface area (Å²) in [4.78, 5) is 29.7.